The van der Waals surface area contributed by atoms with E-state index in [-0.39, 0.29) is 30.7 Å². The number of fused-ring (bicyclic) bond motifs is 1. The van der Waals surface area contributed by atoms with Gasteiger partial charge < -0.3 is 5.32 Å². The molecule has 8 heteroatoms. The van der Waals surface area contributed by atoms with Gasteiger partial charge in [0, 0.05) is 27.9 Å². The van der Waals surface area contributed by atoms with Gasteiger partial charge in [0.25, 0.3) is 11.8 Å². The maximum atomic E-state index is 12.4. The van der Waals surface area contributed by atoms with Crippen LogP contribution >= 0.6 is 27.3 Å². The second-order valence-corrected chi connectivity index (χ2v) is 9.11. The van der Waals surface area contributed by atoms with Gasteiger partial charge in [-0.3, -0.25) is 19.3 Å². The van der Waals surface area contributed by atoms with Gasteiger partial charge in [-0.05, 0) is 37.1 Å². The number of thiazole rings is 1. The zero-order valence-corrected chi connectivity index (χ0v) is 19.3. The lowest BCUT2D eigenvalue weighted by Crippen LogP contribution is -2.31. The van der Waals surface area contributed by atoms with Crippen molar-refractivity contribution < 1.29 is 14.4 Å². The Morgan fingerprint density at radius 3 is 2.32 bits per heavy atom. The van der Waals surface area contributed by atoms with E-state index < -0.39 is 0 Å². The normalized spacial score (nSPS) is 12.9. The minimum Gasteiger partial charge on any atom is -0.302 e. The van der Waals surface area contributed by atoms with Crippen LogP contribution in [0.1, 0.15) is 45.4 Å². The van der Waals surface area contributed by atoms with E-state index in [1.54, 1.807) is 24.3 Å². The number of amides is 3. The minimum atomic E-state index is -0.298. The topological polar surface area (TPSA) is 79.4 Å². The number of carbonyl (C=O) groups excluding carboxylic acids is 3. The van der Waals surface area contributed by atoms with Crippen LogP contribution in [0.15, 0.2) is 53.0 Å². The van der Waals surface area contributed by atoms with Gasteiger partial charge in [0.2, 0.25) is 5.91 Å². The highest BCUT2D eigenvalue weighted by Gasteiger charge is 2.34. The Morgan fingerprint density at radius 1 is 1.06 bits per heavy atom. The van der Waals surface area contributed by atoms with Gasteiger partial charge >= 0.3 is 0 Å². The molecule has 0 radical (unpaired) electrons. The van der Waals surface area contributed by atoms with Crippen molar-refractivity contribution in [3.8, 4) is 11.3 Å². The van der Waals surface area contributed by atoms with Crippen molar-refractivity contribution in [3.05, 3.63) is 69.0 Å². The number of hydrogen-bond donors (Lipinski definition) is 1. The number of anilines is 1. The maximum absolute atomic E-state index is 12.4. The molecule has 0 saturated carbocycles. The van der Waals surface area contributed by atoms with Crippen molar-refractivity contribution in [2.75, 3.05) is 11.9 Å². The first-order valence-corrected chi connectivity index (χ1v) is 11.6. The molecule has 1 N–H and O–H groups in total. The monoisotopic (exact) mass is 497 g/mol. The molecule has 1 aliphatic heterocycles. The van der Waals surface area contributed by atoms with E-state index in [4.69, 9.17) is 0 Å². The van der Waals surface area contributed by atoms with E-state index in [1.807, 2.05) is 24.3 Å². The van der Waals surface area contributed by atoms with Gasteiger partial charge in [0.15, 0.2) is 5.13 Å². The van der Waals surface area contributed by atoms with Crippen molar-refractivity contribution in [3.63, 3.8) is 0 Å². The number of nitrogens with zero attached hydrogens (tertiary/aromatic N) is 2. The number of imide groups is 1. The quantitative estimate of drug-likeness (QED) is 0.457. The van der Waals surface area contributed by atoms with Crippen molar-refractivity contribution in [2.45, 2.75) is 26.2 Å². The first kappa shape index (κ1) is 21.4. The molecule has 0 saturated heterocycles. The summed E-state index contributed by atoms with van der Waals surface area (Å²) in [5.74, 6) is -0.782. The first-order valence-electron chi connectivity index (χ1n) is 9.98. The molecule has 4 rings (SSSR count). The number of aromatic nitrogens is 1. The number of benzene rings is 2. The molecule has 0 bridgehead atoms. The molecule has 6 nitrogen and oxygen atoms in total. The third kappa shape index (κ3) is 4.45. The largest absolute Gasteiger partial charge is 0.302 e. The summed E-state index contributed by atoms with van der Waals surface area (Å²) in [4.78, 5) is 44.1. The van der Waals surface area contributed by atoms with Crippen molar-refractivity contribution >= 4 is 50.1 Å². The molecule has 0 fully saturated rings. The SMILES string of the molecule is CCc1sc(NC(=O)CCCN2C(=O)c3ccccc3C2=O)nc1-c1ccc(Br)cc1. The van der Waals surface area contributed by atoms with Crippen LogP contribution in [-0.2, 0) is 11.2 Å². The first-order chi connectivity index (χ1) is 15.0. The molecule has 3 aromatic rings. The predicted molar refractivity (Wildman–Crippen MR) is 124 cm³/mol. The van der Waals surface area contributed by atoms with Crippen LogP contribution in [0.3, 0.4) is 0 Å². The summed E-state index contributed by atoms with van der Waals surface area (Å²) >= 11 is 4.90. The van der Waals surface area contributed by atoms with Crippen LogP contribution in [0, 0.1) is 0 Å². The minimum absolute atomic E-state index is 0.185. The highest BCUT2D eigenvalue weighted by molar-refractivity contribution is 9.10. The number of hydrogen-bond acceptors (Lipinski definition) is 5. The average molecular weight is 498 g/mol. The molecule has 31 heavy (non-hydrogen) atoms. The number of rotatable bonds is 7. The molecule has 2 aromatic carbocycles. The summed E-state index contributed by atoms with van der Waals surface area (Å²) in [6, 6.07) is 14.7. The summed E-state index contributed by atoms with van der Waals surface area (Å²) in [7, 11) is 0. The van der Waals surface area contributed by atoms with Gasteiger partial charge in [0.05, 0.1) is 16.8 Å². The van der Waals surface area contributed by atoms with Gasteiger partial charge in [-0.1, -0.05) is 47.1 Å². The Morgan fingerprint density at radius 2 is 1.71 bits per heavy atom. The smallest absolute Gasteiger partial charge is 0.261 e. The Kier molecular flexibility index (Phi) is 6.29. The Labute approximate surface area is 192 Å². The maximum Gasteiger partial charge on any atom is 0.261 e. The summed E-state index contributed by atoms with van der Waals surface area (Å²) < 4.78 is 0.996. The lowest BCUT2D eigenvalue weighted by Gasteiger charge is -2.13. The summed E-state index contributed by atoms with van der Waals surface area (Å²) in [5.41, 5.74) is 2.73. The van der Waals surface area contributed by atoms with Crippen molar-refractivity contribution in [1.82, 2.24) is 9.88 Å². The number of halogens is 1. The Hall–Kier alpha value is -2.84. The zero-order valence-electron chi connectivity index (χ0n) is 16.9. The van der Waals surface area contributed by atoms with E-state index >= 15 is 0 Å². The van der Waals surface area contributed by atoms with E-state index in [0.29, 0.717) is 22.7 Å². The molecule has 0 aliphatic carbocycles. The summed E-state index contributed by atoms with van der Waals surface area (Å²) in [5, 5.41) is 3.41. The lowest BCUT2D eigenvalue weighted by molar-refractivity contribution is -0.116. The third-order valence-electron chi connectivity index (χ3n) is 5.05. The van der Waals surface area contributed by atoms with Crippen LogP contribution in [0.2, 0.25) is 0 Å². The molecule has 0 atom stereocenters. The molecule has 0 spiro atoms. The number of nitrogens with one attached hydrogen (secondary N) is 1. The standard InChI is InChI=1S/C23H20BrN3O3S/c1-2-18-20(14-9-11-15(24)12-10-14)26-23(31-18)25-19(28)8-5-13-27-21(29)16-6-3-4-7-17(16)22(27)30/h3-4,6-7,9-12H,2,5,8,13H2,1H3,(H,25,26,28). The van der Waals surface area contributed by atoms with E-state index in [2.05, 4.69) is 33.2 Å². The molecule has 2 heterocycles. The van der Waals surface area contributed by atoms with Gasteiger partial charge in [-0.25, -0.2) is 4.98 Å². The van der Waals surface area contributed by atoms with Crippen LogP contribution in [0.5, 0.6) is 0 Å². The summed E-state index contributed by atoms with van der Waals surface area (Å²) in [6.45, 7) is 2.27. The number of aryl methyl sites for hydroxylation is 1. The van der Waals surface area contributed by atoms with Crippen molar-refractivity contribution in [2.24, 2.45) is 0 Å². The fourth-order valence-electron chi connectivity index (χ4n) is 3.50. The highest BCUT2D eigenvalue weighted by Crippen LogP contribution is 2.32. The average Bonchev–Trinajstić information content (AvgIpc) is 3.28. The second-order valence-electron chi connectivity index (χ2n) is 7.11. The van der Waals surface area contributed by atoms with Crippen molar-refractivity contribution in [1.29, 1.82) is 0 Å². The highest BCUT2D eigenvalue weighted by atomic mass is 79.9. The van der Waals surface area contributed by atoms with Gasteiger partial charge in [-0.15, -0.1) is 11.3 Å². The summed E-state index contributed by atoms with van der Waals surface area (Å²) in [6.07, 6.45) is 1.41. The van der Waals surface area contributed by atoms with E-state index in [9.17, 15) is 14.4 Å². The predicted octanol–water partition coefficient (Wildman–Crippen LogP) is 5.15. The van der Waals surface area contributed by atoms with Crippen LogP contribution < -0.4 is 5.32 Å². The van der Waals surface area contributed by atoms with E-state index in [1.165, 1.54) is 16.2 Å². The van der Waals surface area contributed by atoms with Gasteiger partial charge in [0.1, 0.15) is 0 Å². The molecule has 3 amide bonds. The molecule has 1 aromatic heterocycles. The fourth-order valence-corrected chi connectivity index (χ4v) is 4.70. The molecule has 158 valence electrons. The Bertz CT molecular complexity index is 1120. The zero-order chi connectivity index (χ0) is 22.0. The fraction of sp³-hybridized carbons (Fsp3) is 0.217. The molecule has 1 aliphatic rings. The third-order valence-corrected chi connectivity index (χ3v) is 6.69. The molecular weight excluding hydrogens is 478 g/mol. The molecular formula is C23H20BrN3O3S. The van der Waals surface area contributed by atoms with Crippen LogP contribution in [0.25, 0.3) is 11.3 Å². The lowest BCUT2D eigenvalue weighted by atomic mass is 10.1. The molecule has 0 unspecified atom stereocenters. The second kappa shape index (κ2) is 9.11. The van der Waals surface area contributed by atoms with Crippen LogP contribution in [0.4, 0.5) is 5.13 Å². The van der Waals surface area contributed by atoms with Crippen LogP contribution in [-0.4, -0.2) is 34.2 Å². The van der Waals surface area contributed by atoms with Gasteiger partial charge in [-0.2, -0.15) is 0 Å². The number of carbonyl (C=O) groups is 3. The van der Waals surface area contributed by atoms with E-state index in [0.717, 1.165) is 27.0 Å². The Balaban J connectivity index is 1.35.